The maximum atomic E-state index is 15.1. The Hall–Kier alpha value is -2.68. The molecule has 4 aliphatic rings. The molecule has 2 aliphatic carbocycles. The Bertz CT molecular complexity index is 1070. The minimum atomic E-state index is -1.21. The minimum absolute atomic E-state index is 0.0129. The predicted molar refractivity (Wildman–Crippen MR) is 146 cm³/mol. The Labute approximate surface area is 231 Å². The van der Waals surface area contributed by atoms with E-state index in [2.05, 4.69) is 15.5 Å². The SMILES string of the molecule is CC(C)(C)OC(=O)N[C@H](C(=O)N1C[C@H]2CCCN2C[C@H]1C(=O)N[C@H]1c2ccccc2C[C@@H]1F)C1CCCCC1. The van der Waals surface area contributed by atoms with Gasteiger partial charge < -0.3 is 20.3 Å². The molecule has 9 heteroatoms. The molecule has 1 saturated carbocycles. The lowest BCUT2D eigenvalue weighted by atomic mass is 9.83. The Morgan fingerprint density at radius 2 is 1.77 bits per heavy atom. The van der Waals surface area contributed by atoms with Crippen LogP contribution in [0.3, 0.4) is 0 Å². The molecule has 1 aromatic rings. The van der Waals surface area contributed by atoms with Gasteiger partial charge in [0.1, 0.15) is 23.9 Å². The average Bonchev–Trinajstić information content (AvgIpc) is 3.49. The maximum absolute atomic E-state index is 15.1. The number of carbonyl (C=O) groups is 3. The largest absolute Gasteiger partial charge is 0.444 e. The molecule has 3 fully saturated rings. The number of amides is 3. The molecule has 3 amide bonds. The van der Waals surface area contributed by atoms with Crippen molar-refractivity contribution in [3.05, 3.63) is 35.4 Å². The normalized spacial score (nSPS) is 28.4. The summed E-state index contributed by atoms with van der Waals surface area (Å²) in [6, 6.07) is 5.46. The zero-order chi connectivity index (χ0) is 27.7. The van der Waals surface area contributed by atoms with Crippen LogP contribution >= 0.6 is 0 Å². The highest BCUT2D eigenvalue weighted by molar-refractivity contribution is 5.92. The first-order valence-electron chi connectivity index (χ1n) is 14.7. The number of rotatable bonds is 5. The summed E-state index contributed by atoms with van der Waals surface area (Å²) in [5.41, 5.74) is 1.02. The Kier molecular flexibility index (Phi) is 8.17. The fraction of sp³-hybridized carbons (Fsp3) is 0.700. The van der Waals surface area contributed by atoms with Crippen LogP contribution in [-0.4, -0.2) is 77.2 Å². The molecule has 0 unspecified atom stereocenters. The highest BCUT2D eigenvalue weighted by Gasteiger charge is 2.46. The second-order valence-electron chi connectivity index (χ2n) is 12.7. The van der Waals surface area contributed by atoms with E-state index in [1.807, 2.05) is 24.3 Å². The lowest BCUT2D eigenvalue weighted by Crippen LogP contribution is -2.66. The summed E-state index contributed by atoms with van der Waals surface area (Å²) in [5.74, 6) is -0.582. The molecule has 5 rings (SSSR count). The van der Waals surface area contributed by atoms with Crippen molar-refractivity contribution in [1.82, 2.24) is 20.4 Å². The third-order valence-electron chi connectivity index (χ3n) is 8.80. The summed E-state index contributed by atoms with van der Waals surface area (Å²) in [6.07, 6.45) is 5.24. The number of nitrogens with zero attached hydrogens (tertiary/aromatic N) is 2. The molecule has 0 aromatic heterocycles. The number of alkyl halides is 1. The first-order valence-corrected chi connectivity index (χ1v) is 14.7. The van der Waals surface area contributed by atoms with Gasteiger partial charge in [-0.05, 0) is 70.0 Å². The predicted octanol–water partition coefficient (Wildman–Crippen LogP) is 3.89. The molecule has 214 valence electrons. The summed E-state index contributed by atoms with van der Waals surface area (Å²) in [7, 11) is 0. The molecule has 5 atom stereocenters. The van der Waals surface area contributed by atoms with Crippen LogP contribution in [0, 0.1) is 5.92 Å². The highest BCUT2D eigenvalue weighted by atomic mass is 19.1. The summed E-state index contributed by atoms with van der Waals surface area (Å²) in [5, 5.41) is 5.86. The first kappa shape index (κ1) is 27.9. The molecule has 1 aromatic carbocycles. The molecule has 2 saturated heterocycles. The highest BCUT2D eigenvalue weighted by Crippen LogP contribution is 2.35. The van der Waals surface area contributed by atoms with Crippen molar-refractivity contribution in [3.8, 4) is 0 Å². The fourth-order valence-corrected chi connectivity index (χ4v) is 6.91. The number of alkyl carbamates (subject to hydrolysis) is 1. The van der Waals surface area contributed by atoms with Gasteiger partial charge in [0, 0.05) is 25.6 Å². The van der Waals surface area contributed by atoms with Gasteiger partial charge in [-0.25, -0.2) is 9.18 Å². The number of ether oxygens (including phenoxy) is 1. The second-order valence-corrected chi connectivity index (χ2v) is 12.7. The van der Waals surface area contributed by atoms with Crippen LogP contribution in [-0.2, 0) is 20.7 Å². The van der Waals surface area contributed by atoms with E-state index >= 15 is 4.39 Å². The Balaban J connectivity index is 1.38. The maximum Gasteiger partial charge on any atom is 0.408 e. The summed E-state index contributed by atoms with van der Waals surface area (Å²) < 4.78 is 20.6. The first-order chi connectivity index (χ1) is 18.6. The molecular weight excluding hydrogens is 499 g/mol. The number of benzene rings is 1. The van der Waals surface area contributed by atoms with E-state index in [-0.39, 0.29) is 30.2 Å². The number of carbonyl (C=O) groups excluding carboxylic acids is 3. The lowest BCUT2D eigenvalue weighted by Gasteiger charge is -2.45. The molecule has 8 nitrogen and oxygen atoms in total. The molecule has 0 bridgehead atoms. The average molecular weight is 543 g/mol. The van der Waals surface area contributed by atoms with Crippen molar-refractivity contribution in [2.45, 2.75) is 108 Å². The van der Waals surface area contributed by atoms with Gasteiger partial charge in [0.05, 0.1) is 6.04 Å². The van der Waals surface area contributed by atoms with Gasteiger partial charge in [-0.15, -0.1) is 0 Å². The number of piperazine rings is 1. The van der Waals surface area contributed by atoms with E-state index in [1.165, 1.54) is 0 Å². The number of hydrogen-bond acceptors (Lipinski definition) is 5. The quantitative estimate of drug-likeness (QED) is 0.589. The van der Waals surface area contributed by atoms with E-state index in [1.54, 1.807) is 25.7 Å². The van der Waals surface area contributed by atoms with Crippen LogP contribution in [0.5, 0.6) is 0 Å². The molecule has 0 radical (unpaired) electrons. The topological polar surface area (TPSA) is 91.0 Å². The number of halogens is 1. The van der Waals surface area contributed by atoms with Crippen LogP contribution in [0.15, 0.2) is 24.3 Å². The third-order valence-corrected chi connectivity index (χ3v) is 8.80. The molecule has 2 heterocycles. The standard InChI is InChI=1S/C30H43FN4O4/c1-30(2,3)39-29(38)33-25(19-10-5-4-6-11-19)28(37)35-17-21-13-9-15-34(21)18-24(35)27(36)32-26-22-14-8-7-12-20(22)16-23(26)31/h7-8,12,14,19,21,23-26H,4-6,9-11,13,15-18H2,1-3H3,(H,32,36)(H,33,38)/t21-,23+,24+,25+,26+/m1/s1. The van der Waals surface area contributed by atoms with Crippen molar-refractivity contribution in [2.75, 3.05) is 19.6 Å². The summed E-state index contributed by atoms with van der Waals surface area (Å²) in [4.78, 5) is 44.9. The number of nitrogens with one attached hydrogen (secondary N) is 2. The number of hydrogen-bond donors (Lipinski definition) is 2. The summed E-state index contributed by atoms with van der Waals surface area (Å²) in [6.45, 7) is 7.11. The lowest BCUT2D eigenvalue weighted by molar-refractivity contribution is -0.148. The van der Waals surface area contributed by atoms with E-state index in [0.717, 1.165) is 62.6 Å². The van der Waals surface area contributed by atoms with Crippen molar-refractivity contribution >= 4 is 17.9 Å². The molecule has 0 spiro atoms. The zero-order valence-electron chi connectivity index (χ0n) is 23.5. The molecule has 39 heavy (non-hydrogen) atoms. The third kappa shape index (κ3) is 6.23. The molecule has 2 aliphatic heterocycles. The van der Waals surface area contributed by atoms with E-state index < -0.39 is 36.0 Å². The van der Waals surface area contributed by atoms with Gasteiger partial charge in [0.15, 0.2) is 0 Å². The monoisotopic (exact) mass is 542 g/mol. The van der Waals surface area contributed by atoms with Gasteiger partial charge in [-0.1, -0.05) is 43.5 Å². The van der Waals surface area contributed by atoms with Crippen LogP contribution in [0.4, 0.5) is 9.18 Å². The fourth-order valence-electron chi connectivity index (χ4n) is 6.91. The number of fused-ring (bicyclic) bond motifs is 2. The van der Waals surface area contributed by atoms with Crippen LogP contribution in [0.2, 0.25) is 0 Å². The van der Waals surface area contributed by atoms with Crippen molar-refractivity contribution < 1.29 is 23.5 Å². The van der Waals surface area contributed by atoms with Gasteiger partial charge in [0.2, 0.25) is 11.8 Å². The van der Waals surface area contributed by atoms with Crippen LogP contribution < -0.4 is 10.6 Å². The van der Waals surface area contributed by atoms with Crippen molar-refractivity contribution in [1.29, 1.82) is 0 Å². The minimum Gasteiger partial charge on any atom is -0.444 e. The van der Waals surface area contributed by atoms with Gasteiger partial charge in [-0.3, -0.25) is 14.5 Å². The molecule has 2 N–H and O–H groups in total. The smallest absolute Gasteiger partial charge is 0.408 e. The van der Waals surface area contributed by atoms with Crippen LogP contribution in [0.1, 0.15) is 82.9 Å². The second kappa shape index (κ2) is 11.4. The summed E-state index contributed by atoms with van der Waals surface area (Å²) >= 11 is 0. The van der Waals surface area contributed by atoms with E-state index in [9.17, 15) is 14.4 Å². The van der Waals surface area contributed by atoms with Gasteiger partial charge >= 0.3 is 6.09 Å². The Morgan fingerprint density at radius 1 is 1.03 bits per heavy atom. The van der Waals surface area contributed by atoms with Gasteiger partial charge in [-0.2, -0.15) is 0 Å². The Morgan fingerprint density at radius 3 is 2.51 bits per heavy atom. The van der Waals surface area contributed by atoms with Gasteiger partial charge in [0.25, 0.3) is 0 Å². The van der Waals surface area contributed by atoms with E-state index in [0.29, 0.717) is 13.1 Å². The van der Waals surface area contributed by atoms with Crippen LogP contribution in [0.25, 0.3) is 0 Å². The van der Waals surface area contributed by atoms with Crippen molar-refractivity contribution in [3.63, 3.8) is 0 Å². The zero-order valence-corrected chi connectivity index (χ0v) is 23.5. The molecular formula is C30H43FN4O4. The van der Waals surface area contributed by atoms with Crippen molar-refractivity contribution in [2.24, 2.45) is 5.92 Å². The van der Waals surface area contributed by atoms with E-state index in [4.69, 9.17) is 4.74 Å².